The number of nitrogens with one attached hydrogen (secondary N) is 3. The minimum Gasteiger partial charge on any atom is -0.352 e. The molecule has 0 unspecified atom stereocenters. The molecular weight excluding hydrogens is 431 g/mol. The second-order valence-corrected chi connectivity index (χ2v) is 9.98. The third-order valence-electron chi connectivity index (χ3n) is 6.12. The van der Waals surface area contributed by atoms with Gasteiger partial charge in [0.2, 0.25) is 5.91 Å². The molecular formula is C25H38F3N3O2. The predicted molar refractivity (Wildman–Crippen MR) is 124 cm³/mol. The Kier molecular flexibility index (Phi) is 10.2. The van der Waals surface area contributed by atoms with Crippen LogP contribution in [-0.4, -0.2) is 37.0 Å². The molecule has 1 aromatic carbocycles. The van der Waals surface area contributed by atoms with Crippen molar-refractivity contribution >= 4 is 11.8 Å². The van der Waals surface area contributed by atoms with Gasteiger partial charge in [-0.3, -0.25) is 9.59 Å². The summed E-state index contributed by atoms with van der Waals surface area (Å²) in [7, 11) is 0. The molecule has 8 heteroatoms. The molecule has 0 aliphatic heterocycles. The number of carbonyl (C=O) groups excluding carboxylic acids is 2. The van der Waals surface area contributed by atoms with E-state index in [9.17, 15) is 22.8 Å². The van der Waals surface area contributed by atoms with E-state index < -0.39 is 17.6 Å². The van der Waals surface area contributed by atoms with Gasteiger partial charge >= 0.3 is 6.18 Å². The normalized spacial score (nSPS) is 21.3. The van der Waals surface area contributed by atoms with E-state index in [-0.39, 0.29) is 24.1 Å². The van der Waals surface area contributed by atoms with Crippen molar-refractivity contribution in [2.24, 2.45) is 17.8 Å². The quantitative estimate of drug-likeness (QED) is 0.462. The van der Waals surface area contributed by atoms with Gasteiger partial charge in [-0.15, -0.1) is 0 Å². The highest BCUT2D eigenvalue weighted by Crippen LogP contribution is 2.30. The Hall–Kier alpha value is -2.09. The van der Waals surface area contributed by atoms with Gasteiger partial charge in [0.25, 0.3) is 5.91 Å². The second kappa shape index (κ2) is 12.4. The lowest BCUT2D eigenvalue weighted by Gasteiger charge is -2.38. The van der Waals surface area contributed by atoms with Gasteiger partial charge in [0.05, 0.1) is 12.1 Å². The van der Waals surface area contributed by atoms with Crippen LogP contribution in [0.2, 0.25) is 0 Å². The molecule has 1 aliphatic rings. The van der Waals surface area contributed by atoms with Crippen LogP contribution in [0.1, 0.15) is 75.7 Å². The molecule has 0 bridgehead atoms. The van der Waals surface area contributed by atoms with Gasteiger partial charge in [-0.1, -0.05) is 40.2 Å². The van der Waals surface area contributed by atoms with Crippen LogP contribution < -0.4 is 16.0 Å². The molecule has 0 spiro atoms. The Morgan fingerprint density at radius 2 is 1.82 bits per heavy atom. The topological polar surface area (TPSA) is 70.2 Å². The SMILES string of the molecule is CC(C)CC[C@@H]1C[C@H](NCC(C)C)CC[C@@H]1NC(=O)CNC(=O)c1cccc(C(F)(F)F)c1. The molecule has 2 rings (SSSR count). The van der Waals surface area contributed by atoms with E-state index in [1.165, 1.54) is 12.1 Å². The van der Waals surface area contributed by atoms with Crippen molar-refractivity contribution in [1.82, 2.24) is 16.0 Å². The first-order valence-corrected chi connectivity index (χ1v) is 11.9. The monoisotopic (exact) mass is 469 g/mol. The summed E-state index contributed by atoms with van der Waals surface area (Å²) in [4.78, 5) is 24.8. The Morgan fingerprint density at radius 1 is 1.09 bits per heavy atom. The molecule has 2 amide bonds. The highest BCUT2D eigenvalue weighted by molar-refractivity contribution is 5.96. The minimum atomic E-state index is -4.53. The van der Waals surface area contributed by atoms with Crippen LogP contribution in [0.3, 0.4) is 0 Å². The average Bonchev–Trinajstić information content (AvgIpc) is 2.75. The van der Waals surface area contributed by atoms with Crippen molar-refractivity contribution in [2.45, 2.75) is 78.1 Å². The number of halogens is 3. The van der Waals surface area contributed by atoms with E-state index >= 15 is 0 Å². The molecule has 3 atom stereocenters. The smallest absolute Gasteiger partial charge is 0.352 e. The number of rotatable bonds is 10. The lowest BCUT2D eigenvalue weighted by molar-refractivity contribution is -0.137. The summed E-state index contributed by atoms with van der Waals surface area (Å²) in [5, 5.41) is 9.14. The first-order valence-electron chi connectivity index (χ1n) is 11.9. The van der Waals surface area contributed by atoms with Gasteiger partial charge in [0.1, 0.15) is 0 Å². The van der Waals surface area contributed by atoms with E-state index in [0.29, 0.717) is 23.8 Å². The standard InChI is InChI=1S/C25H38F3N3O2/c1-16(2)8-9-18-13-21(29-14-17(3)4)10-11-22(18)31-23(32)15-30-24(33)19-6-5-7-20(12-19)25(26,27)28/h5-7,12,16-18,21-22,29H,8-11,13-15H2,1-4H3,(H,30,33)(H,31,32)/t18-,21-,22+/m1/s1. The van der Waals surface area contributed by atoms with Gasteiger partial charge in [-0.05, 0) is 68.2 Å². The van der Waals surface area contributed by atoms with Crippen LogP contribution in [0.5, 0.6) is 0 Å². The molecule has 0 heterocycles. The third kappa shape index (κ3) is 9.35. The Bertz CT molecular complexity index is 780. The molecule has 3 N–H and O–H groups in total. The zero-order valence-electron chi connectivity index (χ0n) is 20.1. The summed E-state index contributed by atoms with van der Waals surface area (Å²) < 4.78 is 38.6. The largest absolute Gasteiger partial charge is 0.416 e. The predicted octanol–water partition coefficient (Wildman–Crippen LogP) is 4.77. The Balaban J connectivity index is 1.90. The van der Waals surface area contributed by atoms with Crippen molar-refractivity contribution in [3.05, 3.63) is 35.4 Å². The van der Waals surface area contributed by atoms with E-state index in [0.717, 1.165) is 50.8 Å². The zero-order chi connectivity index (χ0) is 24.6. The van der Waals surface area contributed by atoms with E-state index in [1.54, 1.807) is 0 Å². The van der Waals surface area contributed by atoms with Crippen LogP contribution in [0.4, 0.5) is 13.2 Å². The Morgan fingerprint density at radius 3 is 2.45 bits per heavy atom. The van der Waals surface area contributed by atoms with Gasteiger partial charge in [0.15, 0.2) is 0 Å². The van der Waals surface area contributed by atoms with Gasteiger partial charge in [-0.25, -0.2) is 0 Å². The fourth-order valence-electron chi connectivity index (χ4n) is 4.27. The molecule has 5 nitrogen and oxygen atoms in total. The van der Waals surface area contributed by atoms with E-state index in [2.05, 4.69) is 43.6 Å². The maximum atomic E-state index is 12.9. The summed E-state index contributed by atoms with van der Waals surface area (Å²) in [6.45, 7) is 9.45. The lowest BCUT2D eigenvalue weighted by atomic mass is 9.78. The van der Waals surface area contributed by atoms with Crippen molar-refractivity contribution in [3.8, 4) is 0 Å². The number of amides is 2. The van der Waals surface area contributed by atoms with Crippen molar-refractivity contribution in [3.63, 3.8) is 0 Å². The van der Waals surface area contributed by atoms with Crippen molar-refractivity contribution < 1.29 is 22.8 Å². The average molecular weight is 470 g/mol. The maximum absolute atomic E-state index is 12.9. The number of carbonyl (C=O) groups is 2. The lowest BCUT2D eigenvalue weighted by Crippen LogP contribution is -2.50. The molecule has 0 aromatic heterocycles. The number of alkyl halides is 3. The first kappa shape index (κ1) is 27.2. The molecule has 1 aliphatic carbocycles. The molecule has 1 saturated carbocycles. The molecule has 0 radical (unpaired) electrons. The molecule has 1 fully saturated rings. The fraction of sp³-hybridized carbons (Fsp3) is 0.680. The molecule has 1 aromatic rings. The summed E-state index contributed by atoms with van der Waals surface area (Å²) in [6.07, 6.45) is 0.431. The van der Waals surface area contributed by atoms with Crippen LogP contribution >= 0.6 is 0 Å². The zero-order valence-corrected chi connectivity index (χ0v) is 20.1. The van der Waals surface area contributed by atoms with Gasteiger partial charge in [0, 0.05) is 17.6 Å². The summed E-state index contributed by atoms with van der Waals surface area (Å²) in [6, 6.07) is 4.67. The number of hydrogen-bond donors (Lipinski definition) is 3. The second-order valence-electron chi connectivity index (χ2n) is 9.98. The number of benzene rings is 1. The van der Waals surface area contributed by atoms with Crippen LogP contribution in [-0.2, 0) is 11.0 Å². The summed E-state index contributed by atoms with van der Waals surface area (Å²) in [5.74, 6) is 0.501. The van der Waals surface area contributed by atoms with Crippen LogP contribution in [0, 0.1) is 17.8 Å². The minimum absolute atomic E-state index is 0.0406. The van der Waals surface area contributed by atoms with Crippen LogP contribution in [0.15, 0.2) is 24.3 Å². The highest BCUT2D eigenvalue weighted by Gasteiger charge is 2.32. The van der Waals surface area contributed by atoms with Crippen LogP contribution in [0.25, 0.3) is 0 Å². The summed E-state index contributed by atoms with van der Waals surface area (Å²) in [5.41, 5.74) is -1.01. The number of hydrogen-bond acceptors (Lipinski definition) is 3. The molecule has 186 valence electrons. The van der Waals surface area contributed by atoms with Gasteiger partial charge in [-0.2, -0.15) is 13.2 Å². The first-order chi connectivity index (χ1) is 15.5. The molecule has 0 saturated heterocycles. The van der Waals surface area contributed by atoms with E-state index in [1.807, 2.05) is 0 Å². The molecule has 33 heavy (non-hydrogen) atoms. The van der Waals surface area contributed by atoms with Gasteiger partial charge < -0.3 is 16.0 Å². The highest BCUT2D eigenvalue weighted by atomic mass is 19.4. The third-order valence-corrected chi connectivity index (χ3v) is 6.12. The van der Waals surface area contributed by atoms with Crippen molar-refractivity contribution in [2.75, 3.05) is 13.1 Å². The van der Waals surface area contributed by atoms with Crippen molar-refractivity contribution in [1.29, 1.82) is 0 Å². The maximum Gasteiger partial charge on any atom is 0.416 e. The summed E-state index contributed by atoms with van der Waals surface area (Å²) >= 11 is 0. The Labute approximate surface area is 195 Å². The fourth-order valence-corrected chi connectivity index (χ4v) is 4.27. The van der Waals surface area contributed by atoms with E-state index in [4.69, 9.17) is 0 Å².